The first kappa shape index (κ1) is 9.38. The van der Waals surface area contributed by atoms with E-state index in [0.29, 0.717) is 29.6 Å². The molecular formula is C9H13N3O. The molecule has 0 radical (unpaired) electrons. The number of ether oxygens (including phenoxy) is 1. The van der Waals surface area contributed by atoms with Crippen molar-refractivity contribution >= 4 is 17.4 Å². The zero-order chi connectivity index (χ0) is 9.84. The Labute approximate surface area is 77.2 Å². The second kappa shape index (κ2) is 3.80. The molecule has 4 heteroatoms. The molecule has 4 nitrogen and oxygen atoms in total. The van der Waals surface area contributed by atoms with E-state index in [1.165, 1.54) is 0 Å². The van der Waals surface area contributed by atoms with Gasteiger partial charge in [-0.05, 0) is 19.1 Å². The van der Waals surface area contributed by atoms with E-state index < -0.39 is 0 Å². The fourth-order valence-corrected chi connectivity index (χ4v) is 0.978. The number of aromatic nitrogens is 1. The molecule has 13 heavy (non-hydrogen) atoms. The van der Waals surface area contributed by atoms with Crippen LogP contribution in [0.25, 0.3) is 5.76 Å². The minimum absolute atomic E-state index is 0.346. The van der Waals surface area contributed by atoms with Crippen LogP contribution in [-0.4, -0.2) is 11.6 Å². The van der Waals surface area contributed by atoms with Crippen LogP contribution in [0.2, 0.25) is 0 Å². The van der Waals surface area contributed by atoms with Crippen molar-refractivity contribution in [1.29, 1.82) is 0 Å². The van der Waals surface area contributed by atoms with Crippen LogP contribution in [0.3, 0.4) is 0 Å². The van der Waals surface area contributed by atoms with Gasteiger partial charge in [-0.25, -0.2) is 4.98 Å². The molecule has 1 rings (SSSR count). The Morgan fingerprint density at radius 3 is 2.77 bits per heavy atom. The van der Waals surface area contributed by atoms with Gasteiger partial charge in [0.2, 0.25) is 0 Å². The lowest BCUT2D eigenvalue weighted by Crippen LogP contribution is -2.01. The van der Waals surface area contributed by atoms with Gasteiger partial charge >= 0.3 is 0 Å². The quantitative estimate of drug-likeness (QED) is 0.685. The molecule has 0 spiro atoms. The van der Waals surface area contributed by atoms with E-state index in [4.69, 9.17) is 16.2 Å². The normalized spacial score (nSPS) is 9.62. The average molecular weight is 179 g/mol. The minimum atomic E-state index is 0.346. The molecule has 1 aromatic heterocycles. The van der Waals surface area contributed by atoms with E-state index in [9.17, 15) is 0 Å². The third kappa shape index (κ3) is 2.11. The van der Waals surface area contributed by atoms with Crippen LogP contribution in [-0.2, 0) is 4.74 Å². The van der Waals surface area contributed by atoms with Gasteiger partial charge < -0.3 is 16.2 Å². The zero-order valence-electron chi connectivity index (χ0n) is 7.58. The molecule has 0 aromatic carbocycles. The van der Waals surface area contributed by atoms with Crippen molar-refractivity contribution in [2.75, 3.05) is 18.1 Å². The van der Waals surface area contributed by atoms with E-state index in [2.05, 4.69) is 11.6 Å². The van der Waals surface area contributed by atoms with E-state index in [0.717, 1.165) is 0 Å². The average Bonchev–Trinajstić information content (AvgIpc) is 2.04. The summed E-state index contributed by atoms with van der Waals surface area (Å²) in [5.74, 6) is 1.26. The minimum Gasteiger partial charge on any atom is -0.494 e. The number of pyridine rings is 1. The monoisotopic (exact) mass is 179 g/mol. The van der Waals surface area contributed by atoms with Crippen LogP contribution in [0.5, 0.6) is 0 Å². The molecule has 4 N–H and O–H groups in total. The molecule has 1 aromatic rings. The second-order valence-corrected chi connectivity index (χ2v) is 2.53. The van der Waals surface area contributed by atoms with Gasteiger partial charge in [0.05, 0.1) is 12.2 Å². The van der Waals surface area contributed by atoms with Gasteiger partial charge in [-0.3, -0.25) is 0 Å². The highest BCUT2D eigenvalue weighted by Crippen LogP contribution is 2.19. The molecule has 0 aliphatic carbocycles. The van der Waals surface area contributed by atoms with Gasteiger partial charge in [0, 0.05) is 0 Å². The first-order valence-electron chi connectivity index (χ1n) is 3.99. The molecule has 0 atom stereocenters. The maximum Gasteiger partial charge on any atom is 0.136 e. The van der Waals surface area contributed by atoms with Crippen molar-refractivity contribution in [2.45, 2.75) is 6.92 Å². The van der Waals surface area contributed by atoms with Gasteiger partial charge in [0.15, 0.2) is 0 Å². The van der Waals surface area contributed by atoms with Crippen molar-refractivity contribution in [3.05, 3.63) is 24.3 Å². The number of nitrogens with zero attached hydrogens (tertiary/aromatic N) is 1. The number of anilines is 2. The Balaban J connectivity index is 2.95. The van der Waals surface area contributed by atoms with Crippen LogP contribution < -0.4 is 11.5 Å². The van der Waals surface area contributed by atoms with Crippen molar-refractivity contribution in [3.63, 3.8) is 0 Å². The topological polar surface area (TPSA) is 74.2 Å². The zero-order valence-corrected chi connectivity index (χ0v) is 7.58. The molecule has 0 aliphatic heterocycles. The molecular weight excluding hydrogens is 166 g/mol. The summed E-state index contributed by atoms with van der Waals surface area (Å²) in [6, 6.07) is 3.41. The van der Waals surface area contributed by atoms with Gasteiger partial charge in [-0.2, -0.15) is 0 Å². The lowest BCUT2D eigenvalue weighted by Gasteiger charge is -2.08. The summed E-state index contributed by atoms with van der Waals surface area (Å²) >= 11 is 0. The number of nitrogen functional groups attached to an aromatic ring is 2. The molecule has 0 saturated carbocycles. The number of nitrogens with two attached hydrogens (primary N) is 2. The smallest absolute Gasteiger partial charge is 0.136 e. The molecule has 0 saturated heterocycles. The summed E-state index contributed by atoms with van der Waals surface area (Å²) < 4.78 is 5.19. The SMILES string of the molecule is C=C(OCC)c1ccc(N)nc1N. The number of hydrogen-bond donors (Lipinski definition) is 2. The Kier molecular flexibility index (Phi) is 2.74. The predicted octanol–water partition coefficient (Wildman–Crippen LogP) is 1.25. The lowest BCUT2D eigenvalue weighted by molar-refractivity contribution is 0.299. The van der Waals surface area contributed by atoms with Crippen LogP contribution in [0.15, 0.2) is 18.7 Å². The second-order valence-electron chi connectivity index (χ2n) is 2.53. The summed E-state index contributed by atoms with van der Waals surface area (Å²) in [4.78, 5) is 3.89. The van der Waals surface area contributed by atoms with Crippen molar-refractivity contribution < 1.29 is 4.74 Å². The van der Waals surface area contributed by atoms with E-state index in [-0.39, 0.29) is 0 Å². The largest absolute Gasteiger partial charge is 0.494 e. The van der Waals surface area contributed by atoms with Gasteiger partial charge in [0.1, 0.15) is 17.4 Å². The Bertz CT molecular complexity index is 323. The summed E-state index contributed by atoms with van der Waals surface area (Å²) in [5.41, 5.74) is 11.8. The number of hydrogen-bond acceptors (Lipinski definition) is 4. The summed E-state index contributed by atoms with van der Waals surface area (Å²) in [6.07, 6.45) is 0. The summed E-state index contributed by atoms with van der Waals surface area (Å²) in [7, 11) is 0. The first-order valence-corrected chi connectivity index (χ1v) is 3.99. The van der Waals surface area contributed by atoms with Crippen molar-refractivity contribution in [1.82, 2.24) is 4.98 Å². The fourth-order valence-electron chi connectivity index (χ4n) is 0.978. The van der Waals surface area contributed by atoms with E-state index in [1.54, 1.807) is 12.1 Å². The molecule has 0 amide bonds. The molecule has 0 unspecified atom stereocenters. The van der Waals surface area contributed by atoms with Crippen molar-refractivity contribution in [2.24, 2.45) is 0 Å². The third-order valence-electron chi connectivity index (χ3n) is 1.57. The van der Waals surface area contributed by atoms with Crippen molar-refractivity contribution in [3.8, 4) is 0 Å². The highest BCUT2D eigenvalue weighted by Gasteiger charge is 2.05. The lowest BCUT2D eigenvalue weighted by atomic mass is 10.2. The highest BCUT2D eigenvalue weighted by atomic mass is 16.5. The summed E-state index contributed by atoms with van der Waals surface area (Å²) in [6.45, 7) is 6.16. The molecule has 0 fully saturated rings. The van der Waals surface area contributed by atoms with Crippen LogP contribution in [0.1, 0.15) is 12.5 Å². The fraction of sp³-hybridized carbons (Fsp3) is 0.222. The van der Waals surface area contributed by atoms with Gasteiger partial charge in [-0.1, -0.05) is 6.58 Å². The molecule has 0 bridgehead atoms. The molecule has 0 aliphatic rings. The van der Waals surface area contributed by atoms with Gasteiger partial charge in [0.25, 0.3) is 0 Å². The Hall–Kier alpha value is -1.71. The van der Waals surface area contributed by atoms with Gasteiger partial charge in [-0.15, -0.1) is 0 Å². The number of rotatable bonds is 3. The highest BCUT2D eigenvalue weighted by molar-refractivity contribution is 5.68. The van der Waals surface area contributed by atoms with E-state index in [1.807, 2.05) is 6.92 Å². The first-order chi connectivity index (χ1) is 6.15. The summed E-state index contributed by atoms with van der Waals surface area (Å²) in [5, 5.41) is 0. The van der Waals surface area contributed by atoms with Crippen LogP contribution in [0.4, 0.5) is 11.6 Å². The third-order valence-corrected chi connectivity index (χ3v) is 1.57. The molecule has 1 heterocycles. The molecule has 70 valence electrons. The standard InChI is InChI=1S/C9H13N3O/c1-3-13-6(2)7-4-5-8(10)12-9(7)11/h4-5H,2-3H2,1H3,(H4,10,11,12). The Morgan fingerprint density at radius 2 is 2.23 bits per heavy atom. The van der Waals surface area contributed by atoms with E-state index >= 15 is 0 Å². The Morgan fingerprint density at radius 1 is 1.54 bits per heavy atom. The van der Waals surface area contributed by atoms with Crippen LogP contribution in [0, 0.1) is 0 Å². The van der Waals surface area contributed by atoms with Crippen LogP contribution >= 0.6 is 0 Å². The predicted molar refractivity (Wildman–Crippen MR) is 53.7 cm³/mol. The maximum absolute atomic E-state index is 5.62. The maximum atomic E-state index is 5.62.